The molecule has 0 spiro atoms. The van der Waals surface area contributed by atoms with Gasteiger partial charge in [-0.25, -0.2) is 5.43 Å². The van der Waals surface area contributed by atoms with Crippen molar-refractivity contribution in [1.29, 1.82) is 0 Å². The highest BCUT2D eigenvalue weighted by molar-refractivity contribution is 6.32. The van der Waals surface area contributed by atoms with Gasteiger partial charge >= 0.3 is 0 Å². The molecule has 0 saturated carbocycles. The fourth-order valence-corrected chi connectivity index (χ4v) is 4.22. The Balaban J connectivity index is 2.17. The Kier molecular flexibility index (Phi) is 11.0. The number of rotatable bonds is 14. The number of hydrogen-bond acceptors (Lipinski definition) is 3. The van der Waals surface area contributed by atoms with Crippen LogP contribution in [-0.2, 0) is 4.79 Å². The van der Waals surface area contributed by atoms with E-state index < -0.39 is 11.0 Å². The van der Waals surface area contributed by atoms with E-state index in [4.69, 9.17) is 16.3 Å². The van der Waals surface area contributed by atoms with Gasteiger partial charge in [-0.3, -0.25) is 4.79 Å². The fourth-order valence-electron chi connectivity index (χ4n) is 4.05. The van der Waals surface area contributed by atoms with Crippen molar-refractivity contribution in [3.05, 3.63) is 53.6 Å². The summed E-state index contributed by atoms with van der Waals surface area (Å²) in [6.45, 7) is 8.25. The molecule has 1 amide bonds. The number of carbonyl (C=O) groups is 1. The quantitative estimate of drug-likeness (QED) is 0.211. The first-order valence-electron chi connectivity index (χ1n) is 12.4. The Morgan fingerprint density at radius 2 is 1.53 bits per heavy atom. The third kappa shape index (κ3) is 8.12. The van der Waals surface area contributed by atoms with Crippen LogP contribution in [0.5, 0.6) is 11.5 Å². The van der Waals surface area contributed by atoms with Gasteiger partial charge < -0.3 is 9.84 Å². The van der Waals surface area contributed by atoms with Gasteiger partial charge in [-0.1, -0.05) is 96.4 Å². The summed E-state index contributed by atoms with van der Waals surface area (Å²) in [5.41, 5.74) is 5.82. The van der Waals surface area contributed by atoms with Crippen molar-refractivity contribution in [2.24, 2.45) is 5.41 Å². The van der Waals surface area contributed by atoms with Gasteiger partial charge in [0.05, 0.1) is 5.02 Å². The number of phenolic OH excluding ortho intramolecular Hbond substituents is 1. The van der Waals surface area contributed by atoms with E-state index in [1.807, 2.05) is 32.9 Å². The minimum Gasteiger partial charge on any atom is -0.508 e. The highest BCUT2D eigenvalue weighted by atomic mass is 35.5. The summed E-state index contributed by atoms with van der Waals surface area (Å²) < 4.78 is 6.45. The highest BCUT2D eigenvalue weighted by Crippen LogP contribution is 2.40. The maximum atomic E-state index is 13.7. The molecule has 0 saturated heterocycles. The number of para-hydroxylation sites is 1. The first-order chi connectivity index (χ1) is 16.2. The van der Waals surface area contributed by atoms with Crippen LogP contribution in [0.1, 0.15) is 85.5 Å². The number of nitrogens with one attached hydrogen (secondary N) is 1. The van der Waals surface area contributed by atoms with E-state index >= 15 is 0 Å². The number of phenols is 1. The van der Waals surface area contributed by atoms with Crippen molar-refractivity contribution < 1.29 is 14.6 Å². The van der Waals surface area contributed by atoms with Crippen LogP contribution in [0.25, 0.3) is 0 Å². The number of halogens is 1. The monoisotopic (exact) mass is 487 g/mol. The molecule has 2 aromatic carbocycles. The van der Waals surface area contributed by atoms with E-state index in [-0.39, 0.29) is 11.7 Å². The standard InChI is InChI=1S/C28H40ClN2O3/c1-5-6-7-8-9-10-11-14-21-28(27(2,3)4,34-23-19-17-22(32)18-20-23)26(33)31-30-25-16-13-12-15-24(25)29/h12-13,15-20,32H,5-11,14,21H2,1-4H3,(H,31,33). The number of hydrogen-bond donors (Lipinski definition) is 2. The van der Waals surface area contributed by atoms with Crippen LogP contribution in [0.15, 0.2) is 48.5 Å². The zero-order valence-electron chi connectivity index (χ0n) is 21.1. The van der Waals surface area contributed by atoms with E-state index in [9.17, 15) is 9.90 Å². The lowest BCUT2D eigenvalue weighted by Gasteiger charge is -2.43. The summed E-state index contributed by atoms with van der Waals surface area (Å²) in [6, 6.07) is 13.6. The maximum absolute atomic E-state index is 13.7. The van der Waals surface area contributed by atoms with E-state index in [2.05, 4.69) is 17.8 Å². The third-order valence-electron chi connectivity index (χ3n) is 6.22. The molecular formula is C28H40ClN2O3. The van der Waals surface area contributed by atoms with Crippen LogP contribution in [0.4, 0.5) is 5.69 Å². The average molecular weight is 488 g/mol. The molecule has 1 unspecified atom stereocenters. The molecule has 0 bridgehead atoms. The molecule has 5 nitrogen and oxygen atoms in total. The minimum absolute atomic E-state index is 0.148. The molecular weight excluding hydrogens is 448 g/mol. The van der Waals surface area contributed by atoms with Crippen LogP contribution < -0.4 is 15.6 Å². The van der Waals surface area contributed by atoms with Gasteiger partial charge in [-0.15, -0.1) is 0 Å². The van der Waals surface area contributed by atoms with Crippen LogP contribution in [0.2, 0.25) is 5.02 Å². The van der Waals surface area contributed by atoms with Gasteiger partial charge in [0.25, 0.3) is 5.91 Å². The number of aromatic hydroxyl groups is 1. The Morgan fingerprint density at radius 1 is 0.941 bits per heavy atom. The fraction of sp³-hybridized carbons (Fsp3) is 0.536. The molecule has 6 heteroatoms. The number of amides is 1. The lowest BCUT2D eigenvalue weighted by molar-refractivity contribution is -0.149. The van der Waals surface area contributed by atoms with Gasteiger partial charge in [-0.2, -0.15) is 5.43 Å². The predicted molar refractivity (Wildman–Crippen MR) is 140 cm³/mol. The number of unbranched alkanes of at least 4 members (excludes halogenated alkanes) is 7. The molecule has 187 valence electrons. The summed E-state index contributed by atoms with van der Waals surface area (Å²) in [4.78, 5) is 13.7. The zero-order chi connectivity index (χ0) is 25.0. The Morgan fingerprint density at radius 3 is 2.12 bits per heavy atom. The molecule has 0 heterocycles. The third-order valence-corrected chi connectivity index (χ3v) is 6.54. The lowest BCUT2D eigenvalue weighted by atomic mass is 9.72. The maximum Gasteiger partial charge on any atom is 0.284 e. The Labute approximate surface area is 210 Å². The SMILES string of the molecule is CCCCCCCCCCC(Oc1ccc(O)cc1)(C(=O)N[N]c1ccccc1Cl)C(C)(C)C. The number of carbonyl (C=O) groups excluding carboxylic acids is 1. The van der Waals surface area contributed by atoms with E-state index in [1.165, 1.54) is 32.1 Å². The van der Waals surface area contributed by atoms with Crippen molar-refractivity contribution in [1.82, 2.24) is 10.9 Å². The Bertz CT molecular complexity index is 880. The zero-order valence-corrected chi connectivity index (χ0v) is 21.8. The smallest absolute Gasteiger partial charge is 0.284 e. The number of ether oxygens (including phenoxy) is 1. The topological polar surface area (TPSA) is 72.7 Å². The predicted octanol–water partition coefficient (Wildman–Crippen LogP) is 7.71. The lowest BCUT2D eigenvalue weighted by Crippen LogP contribution is -2.60. The normalized spacial score (nSPS) is 13.2. The van der Waals surface area contributed by atoms with E-state index in [1.54, 1.807) is 36.4 Å². The van der Waals surface area contributed by atoms with Crippen molar-refractivity contribution in [3.63, 3.8) is 0 Å². The molecule has 0 fully saturated rings. The second-order valence-electron chi connectivity index (χ2n) is 9.90. The van der Waals surface area contributed by atoms with Crippen LogP contribution >= 0.6 is 11.6 Å². The van der Waals surface area contributed by atoms with E-state index in [0.717, 1.165) is 19.3 Å². The van der Waals surface area contributed by atoms with Crippen molar-refractivity contribution in [2.45, 2.75) is 91.1 Å². The van der Waals surface area contributed by atoms with Gasteiger partial charge in [0.2, 0.25) is 0 Å². The van der Waals surface area contributed by atoms with Crippen LogP contribution in [0, 0.1) is 5.41 Å². The van der Waals surface area contributed by atoms with Gasteiger partial charge in [0.15, 0.2) is 5.60 Å². The molecule has 2 N–H and O–H groups in total. The van der Waals surface area contributed by atoms with Gasteiger partial charge in [0, 0.05) is 5.41 Å². The van der Waals surface area contributed by atoms with Crippen LogP contribution in [0.3, 0.4) is 0 Å². The summed E-state index contributed by atoms with van der Waals surface area (Å²) >= 11 is 6.22. The van der Waals surface area contributed by atoms with Crippen molar-refractivity contribution >= 4 is 23.2 Å². The minimum atomic E-state index is -1.16. The number of nitrogens with zero attached hydrogens (tertiary/aromatic N) is 1. The molecule has 0 aliphatic carbocycles. The summed E-state index contributed by atoms with van der Waals surface area (Å²) in [7, 11) is 0. The number of benzene rings is 2. The average Bonchev–Trinajstić information content (AvgIpc) is 2.79. The molecule has 1 radical (unpaired) electrons. The van der Waals surface area contributed by atoms with Crippen molar-refractivity contribution in [2.75, 3.05) is 0 Å². The largest absolute Gasteiger partial charge is 0.508 e. The Hall–Kier alpha value is -2.40. The van der Waals surface area contributed by atoms with Crippen LogP contribution in [-0.4, -0.2) is 16.6 Å². The summed E-state index contributed by atoms with van der Waals surface area (Å²) in [6.07, 6.45) is 9.92. The highest BCUT2D eigenvalue weighted by Gasteiger charge is 2.51. The second-order valence-corrected chi connectivity index (χ2v) is 10.3. The first kappa shape index (κ1) is 27.8. The molecule has 0 aliphatic heterocycles. The molecule has 0 aromatic heterocycles. The molecule has 2 rings (SSSR count). The van der Waals surface area contributed by atoms with Crippen molar-refractivity contribution in [3.8, 4) is 11.5 Å². The van der Waals surface area contributed by atoms with E-state index in [0.29, 0.717) is 22.9 Å². The van der Waals surface area contributed by atoms with Gasteiger partial charge in [0.1, 0.15) is 17.2 Å². The molecule has 0 aliphatic rings. The summed E-state index contributed by atoms with van der Waals surface area (Å²) in [5.74, 6) is 0.367. The molecule has 34 heavy (non-hydrogen) atoms. The molecule has 2 aromatic rings. The summed E-state index contributed by atoms with van der Waals surface area (Å²) in [5, 5.41) is 10.1. The second kappa shape index (κ2) is 13.5. The molecule has 1 atom stereocenters. The first-order valence-corrected chi connectivity index (χ1v) is 12.8. The van der Waals surface area contributed by atoms with Gasteiger partial charge in [-0.05, 0) is 49.2 Å².